The van der Waals surface area contributed by atoms with Gasteiger partial charge in [-0.15, -0.1) is 0 Å². The summed E-state index contributed by atoms with van der Waals surface area (Å²) >= 11 is 6.03. The Morgan fingerprint density at radius 2 is 1.93 bits per heavy atom. The molecule has 0 fully saturated rings. The summed E-state index contributed by atoms with van der Waals surface area (Å²) in [5.74, 6) is -2.73. The van der Waals surface area contributed by atoms with Crippen molar-refractivity contribution in [1.82, 2.24) is 4.57 Å². The number of Topliss-reactive ketones (excluding diaryl/α,β-unsaturated/α-hetero) is 1. The Labute approximate surface area is 157 Å². The van der Waals surface area contributed by atoms with E-state index in [-0.39, 0.29) is 22.5 Å². The van der Waals surface area contributed by atoms with Crippen molar-refractivity contribution in [1.29, 1.82) is 5.41 Å². The molecule has 1 aromatic heterocycles. The van der Waals surface area contributed by atoms with Gasteiger partial charge in [0.05, 0.1) is 5.71 Å². The highest BCUT2D eigenvalue weighted by molar-refractivity contribution is 6.50. The molecule has 0 aliphatic heterocycles. The lowest BCUT2D eigenvalue weighted by molar-refractivity contribution is -0.149. The summed E-state index contributed by atoms with van der Waals surface area (Å²) in [6, 6.07) is 0. The third kappa shape index (κ3) is 4.00. The van der Waals surface area contributed by atoms with Crippen LogP contribution < -0.4 is 0 Å². The summed E-state index contributed by atoms with van der Waals surface area (Å²) < 4.78 is 15.7. The van der Waals surface area contributed by atoms with Crippen molar-refractivity contribution in [3.63, 3.8) is 0 Å². The first kappa shape index (κ1) is 20.2. The van der Waals surface area contributed by atoms with Crippen LogP contribution in [0, 0.1) is 5.41 Å². The number of hydrogen-bond acceptors (Lipinski definition) is 8. The van der Waals surface area contributed by atoms with Crippen LogP contribution in [0.5, 0.6) is 0 Å². The van der Waals surface area contributed by atoms with Gasteiger partial charge in [-0.3, -0.25) is 19.8 Å². The molecule has 1 heterocycles. The fraction of sp³-hybridized carbons (Fsp3) is 0.312. The molecule has 1 aromatic rings. The molecule has 0 radical (unpaired) electrons. The number of allylic oxidation sites excluding steroid dienone is 2. The molecule has 2 rings (SSSR count). The third-order valence-electron chi connectivity index (χ3n) is 3.56. The fourth-order valence-corrected chi connectivity index (χ4v) is 2.85. The smallest absolute Gasteiger partial charge is 0.454 e. The predicted octanol–water partition coefficient (Wildman–Crippen LogP) is 1.90. The Morgan fingerprint density at radius 3 is 2.44 bits per heavy atom. The minimum absolute atomic E-state index is 0.0249. The Kier molecular flexibility index (Phi) is 5.69. The molecule has 0 amide bonds. The van der Waals surface area contributed by atoms with Gasteiger partial charge in [0.25, 0.3) is 0 Å². The molecule has 0 saturated heterocycles. The van der Waals surface area contributed by atoms with E-state index in [1.54, 1.807) is 0 Å². The molecule has 11 heteroatoms. The van der Waals surface area contributed by atoms with Crippen LogP contribution in [-0.2, 0) is 30.8 Å². The SMILES string of the molecule is CC(=O)OC1=C(Cl)C(=N)c2c(C(COC(=O)O)OC(C)=O)cn(C)c2C1=O. The number of ketones is 1. The number of fused-ring (bicyclic) bond motifs is 1. The van der Waals surface area contributed by atoms with Crippen molar-refractivity contribution in [3.8, 4) is 0 Å². The molecule has 0 bridgehead atoms. The van der Waals surface area contributed by atoms with Crippen LogP contribution in [-0.4, -0.2) is 45.9 Å². The molecule has 1 aliphatic rings. The van der Waals surface area contributed by atoms with Gasteiger partial charge in [-0.1, -0.05) is 11.6 Å². The molecule has 0 aromatic carbocycles. The van der Waals surface area contributed by atoms with Crippen molar-refractivity contribution in [2.45, 2.75) is 20.0 Å². The molecular weight excluding hydrogens is 384 g/mol. The number of rotatable bonds is 5. The van der Waals surface area contributed by atoms with Gasteiger partial charge in [0.2, 0.25) is 11.5 Å². The molecule has 144 valence electrons. The zero-order chi connectivity index (χ0) is 20.5. The van der Waals surface area contributed by atoms with E-state index in [2.05, 4.69) is 4.74 Å². The van der Waals surface area contributed by atoms with E-state index in [0.29, 0.717) is 0 Å². The molecule has 1 aliphatic carbocycles. The van der Waals surface area contributed by atoms with E-state index in [0.717, 1.165) is 13.8 Å². The van der Waals surface area contributed by atoms with Crippen LogP contribution in [0.4, 0.5) is 4.79 Å². The minimum atomic E-state index is -1.59. The van der Waals surface area contributed by atoms with Crippen LogP contribution in [0.1, 0.15) is 41.6 Å². The topological polar surface area (TPSA) is 145 Å². The van der Waals surface area contributed by atoms with Crippen LogP contribution in [0.3, 0.4) is 0 Å². The van der Waals surface area contributed by atoms with E-state index in [4.69, 9.17) is 31.6 Å². The van der Waals surface area contributed by atoms with Crippen LogP contribution in [0.2, 0.25) is 0 Å². The zero-order valence-corrected chi connectivity index (χ0v) is 15.2. The molecule has 2 N–H and O–H groups in total. The highest BCUT2D eigenvalue weighted by Gasteiger charge is 2.38. The monoisotopic (exact) mass is 398 g/mol. The Balaban J connectivity index is 2.57. The number of aromatic nitrogens is 1. The minimum Gasteiger partial charge on any atom is -0.454 e. The standard InChI is InChI=1S/C16H15ClN2O8/c1-6(20)26-9(5-25-16(23)24)8-4-19(3)13-10(8)12(18)11(17)15(14(13)22)27-7(2)21/h4,9,18H,5H2,1-3H3,(H,23,24). The van der Waals surface area contributed by atoms with E-state index < -0.39 is 47.4 Å². The maximum Gasteiger partial charge on any atom is 0.505 e. The van der Waals surface area contributed by atoms with Gasteiger partial charge in [0.1, 0.15) is 17.3 Å². The lowest BCUT2D eigenvalue weighted by Gasteiger charge is -2.21. The van der Waals surface area contributed by atoms with Gasteiger partial charge in [0, 0.05) is 38.2 Å². The number of nitrogens with one attached hydrogen (secondary N) is 1. The van der Waals surface area contributed by atoms with Gasteiger partial charge < -0.3 is 23.9 Å². The predicted molar refractivity (Wildman–Crippen MR) is 89.7 cm³/mol. The molecule has 27 heavy (non-hydrogen) atoms. The number of carbonyl (C=O) groups is 4. The van der Waals surface area contributed by atoms with Crippen LogP contribution in [0.15, 0.2) is 17.0 Å². The molecule has 0 spiro atoms. The van der Waals surface area contributed by atoms with Gasteiger partial charge in [-0.2, -0.15) is 0 Å². The van der Waals surface area contributed by atoms with E-state index in [1.165, 1.54) is 17.8 Å². The second-order valence-corrected chi connectivity index (χ2v) is 5.91. The second kappa shape index (κ2) is 7.62. The van der Waals surface area contributed by atoms with Crippen molar-refractivity contribution in [2.75, 3.05) is 6.61 Å². The Morgan fingerprint density at radius 1 is 1.30 bits per heavy atom. The molecule has 1 unspecified atom stereocenters. The fourth-order valence-electron chi connectivity index (χ4n) is 2.63. The number of ether oxygens (including phenoxy) is 3. The van der Waals surface area contributed by atoms with E-state index in [9.17, 15) is 19.2 Å². The first-order valence-corrected chi connectivity index (χ1v) is 7.86. The second-order valence-electron chi connectivity index (χ2n) is 5.53. The summed E-state index contributed by atoms with van der Waals surface area (Å²) in [7, 11) is 1.49. The number of carboxylic acid groups (broad SMARTS) is 1. The summed E-state index contributed by atoms with van der Waals surface area (Å²) in [6.45, 7) is 1.65. The summed E-state index contributed by atoms with van der Waals surface area (Å²) in [5, 5.41) is 16.6. The maximum absolute atomic E-state index is 12.7. The van der Waals surface area contributed by atoms with Crippen LogP contribution in [0.25, 0.3) is 0 Å². The summed E-state index contributed by atoms with van der Waals surface area (Å²) in [6.07, 6.45) is -1.41. The Hall–Kier alpha value is -3.14. The maximum atomic E-state index is 12.7. The van der Waals surface area contributed by atoms with Gasteiger partial charge in [-0.05, 0) is 0 Å². The Bertz CT molecular complexity index is 898. The number of carbonyl (C=O) groups excluding carboxylic acids is 3. The van der Waals surface area contributed by atoms with Crippen molar-refractivity contribution in [2.24, 2.45) is 7.05 Å². The van der Waals surface area contributed by atoms with E-state index in [1.807, 2.05) is 0 Å². The molecular formula is C16H15ClN2O8. The summed E-state index contributed by atoms with van der Waals surface area (Å²) in [5.41, 5.74) is -0.181. The first-order valence-electron chi connectivity index (χ1n) is 7.48. The number of esters is 2. The molecule has 10 nitrogen and oxygen atoms in total. The van der Waals surface area contributed by atoms with Gasteiger partial charge >= 0.3 is 18.1 Å². The number of nitrogens with zero attached hydrogens (tertiary/aromatic N) is 1. The highest BCUT2D eigenvalue weighted by atomic mass is 35.5. The number of hydrogen-bond donors (Lipinski definition) is 2. The zero-order valence-electron chi connectivity index (χ0n) is 14.5. The van der Waals surface area contributed by atoms with Gasteiger partial charge in [-0.25, -0.2) is 4.79 Å². The lowest BCUT2D eigenvalue weighted by atomic mass is 9.94. The van der Waals surface area contributed by atoms with Crippen molar-refractivity contribution in [3.05, 3.63) is 33.8 Å². The largest absolute Gasteiger partial charge is 0.505 e. The first-order chi connectivity index (χ1) is 12.5. The lowest BCUT2D eigenvalue weighted by Crippen LogP contribution is -2.26. The van der Waals surface area contributed by atoms with E-state index >= 15 is 0 Å². The average molecular weight is 399 g/mol. The normalized spacial score (nSPS) is 14.5. The molecule has 0 saturated carbocycles. The van der Waals surface area contributed by atoms with Crippen molar-refractivity contribution < 1.29 is 38.5 Å². The average Bonchev–Trinajstić information content (AvgIpc) is 2.90. The van der Waals surface area contributed by atoms with Gasteiger partial charge in [0.15, 0.2) is 6.10 Å². The van der Waals surface area contributed by atoms with Crippen molar-refractivity contribution >= 4 is 41.2 Å². The number of aryl methyl sites for hydroxylation is 1. The third-order valence-corrected chi connectivity index (χ3v) is 3.92. The summed E-state index contributed by atoms with van der Waals surface area (Å²) in [4.78, 5) is 46.0. The van der Waals surface area contributed by atoms with Crippen LogP contribution >= 0.6 is 11.6 Å². The quantitative estimate of drug-likeness (QED) is 0.565. The highest BCUT2D eigenvalue weighted by Crippen LogP contribution is 2.35. The number of halogens is 1. The molecule has 1 atom stereocenters.